The zero-order valence-electron chi connectivity index (χ0n) is 24.3. The molecule has 1 heterocycles. The van der Waals surface area contributed by atoms with E-state index < -0.39 is 85.0 Å². The van der Waals surface area contributed by atoms with Gasteiger partial charge in [-0.05, 0) is 46.7 Å². The maximum atomic E-state index is 13.7. The normalized spacial score (nSPS) is 12.2. The Balaban J connectivity index is 0.00000312. The van der Waals surface area contributed by atoms with Crippen molar-refractivity contribution in [2.45, 2.75) is 21.2 Å². The number of phenolic OH excluding ortho intramolecular Hbond substituents is 1. The van der Waals surface area contributed by atoms with E-state index >= 15 is 0 Å². The fraction of sp³-hybridized carbons (Fsp3) is 0.0400. The van der Waals surface area contributed by atoms with Gasteiger partial charge in [0.05, 0.1) is 4.90 Å². The van der Waals surface area contributed by atoms with E-state index in [0.717, 1.165) is 30.3 Å². The quantitative estimate of drug-likeness (QED) is 0.0426. The summed E-state index contributed by atoms with van der Waals surface area (Å²) in [4.78, 5) is 3.71. The van der Waals surface area contributed by atoms with E-state index in [1.165, 1.54) is 24.3 Å². The number of aromatic nitrogens is 2. The van der Waals surface area contributed by atoms with Gasteiger partial charge in [-0.1, -0.05) is 35.9 Å². The van der Waals surface area contributed by atoms with Gasteiger partial charge in [0, 0.05) is 17.3 Å². The molecule has 0 spiro atoms. The van der Waals surface area contributed by atoms with Gasteiger partial charge in [-0.3, -0.25) is 13.7 Å². The summed E-state index contributed by atoms with van der Waals surface area (Å²) in [6.45, 7) is -0.208. The number of hydrogen-bond donors (Lipinski definition) is 5. The number of rotatable bonds is 8. The first-order valence-electron chi connectivity index (χ1n) is 12.2. The third-order valence-corrected chi connectivity index (χ3v) is 9.42. The van der Waals surface area contributed by atoms with Crippen molar-refractivity contribution in [3.63, 3.8) is 0 Å². The summed E-state index contributed by atoms with van der Waals surface area (Å²) in [6, 6.07) is 10.0. The molecule has 240 valence electrons. The molecule has 0 aliphatic rings. The monoisotopic (exact) mass is 777 g/mol. The second-order valence-corrected chi connectivity index (χ2v) is 13.9. The number of anilines is 1. The molecular formula is C25H16ClF2KN5NaO10S3+2. The van der Waals surface area contributed by atoms with Gasteiger partial charge in [0.15, 0.2) is 11.6 Å². The van der Waals surface area contributed by atoms with Crippen molar-refractivity contribution in [2.24, 2.45) is 10.2 Å². The molecule has 0 radical (unpaired) electrons. The summed E-state index contributed by atoms with van der Waals surface area (Å²) < 4.78 is 129. The first-order chi connectivity index (χ1) is 21.4. The van der Waals surface area contributed by atoms with Gasteiger partial charge >= 0.3 is 87.0 Å². The predicted octanol–water partition coefficient (Wildman–Crippen LogP) is -0.804. The van der Waals surface area contributed by atoms with E-state index in [-0.39, 0.29) is 109 Å². The maximum absolute atomic E-state index is 13.7. The van der Waals surface area contributed by atoms with Gasteiger partial charge in [-0.15, -0.1) is 10.2 Å². The molecule has 5 N–H and O–H groups in total. The van der Waals surface area contributed by atoms with Crippen molar-refractivity contribution in [1.29, 1.82) is 0 Å². The molecule has 0 bridgehead atoms. The molecule has 23 heteroatoms. The van der Waals surface area contributed by atoms with Crippen LogP contribution in [0, 0.1) is 12.0 Å². The number of nitrogens with one attached hydrogen (secondary N) is 1. The number of azo groups is 1. The average Bonchev–Trinajstić information content (AvgIpc) is 2.95. The first-order valence-corrected chi connectivity index (χ1v) is 16.9. The van der Waals surface area contributed by atoms with E-state index in [2.05, 4.69) is 25.5 Å². The van der Waals surface area contributed by atoms with Crippen LogP contribution in [0.25, 0.3) is 21.5 Å². The minimum Gasteiger partial charge on any atom is -0.505 e. The zero-order valence-corrected chi connectivity index (χ0v) is 32.6. The van der Waals surface area contributed by atoms with Crippen LogP contribution in [-0.4, -0.2) is 54.0 Å². The summed E-state index contributed by atoms with van der Waals surface area (Å²) in [5.41, 5.74) is -1.10. The first kappa shape index (κ1) is 40.6. The molecule has 0 saturated carbocycles. The predicted molar refractivity (Wildman–Crippen MR) is 157 cm³/mol. The van der Waals surface area contributed by atoms with Crippen LogP contribution in [0.2, 0.25) is 5.02 Å². The summed E-state index contributed by atoms with van der Waals surface area (Å²) in [5.74, 6) is -2.64. The molecular weight excluding hydrogens is 762 g/mol. The van der Waals surface area contributed by atoms with Crippen molar-refractivity contribution < 1.29 is 134 Å². The zero-order chi connectivity index (χ0) is 33.8. The Morgan fingerprint density at radius 2 is 1.48 bits per heavy atom. The molecule has 0 saturated heterocycles. The van der Waals surface area contributed by atoms with Crippen LogP contribution in [-0.2, 0) is 36.9 Å². The Bertz CT molecular complexity index is 2480. The summed E-state index contributed by atoms with van der Waals surface area (Å²) in [5, 5.41) is 19.8. The summed E-state index contributed by atoms with van der Waals surface area (Å²) >= 11 is 5.78. The Labute approximate surface area is 339 Å². The Kier molecular flexibility index (Phi) is 12.9. The molecule has 0 atom stereocenters. The number of aromatic hydroxyl groups is 1. The summed E-state index contributed by atoms with van der Waals surface area (Å²) in [7, 11) is -15.0. The van der Waals surface area contributed by atoms with Gasteiger partial charge in [0.1, 0.15) is 26.2 Å². The molecule has 0 unspecified atom stereocenters. The van der Waals surface area contributed by atoms with Crippen LogP contribution in [0.5, 0.6) is 5.75 Å². The van der Waals surface area contributed by atoms with Gasteiger partial charge in [0.25, 0.3) is 30.4 Å². The molecule has 5 aromatic rings. The number of phenols is 1. The van der Waals surface area contributed by atoms with Crippen molar-refractivity contribution in [2.75, 3.05) is 5.32 Å². The topological polar surface area (TPSA) is 246 Å². The maximum Gasteiger partial charge on any atom is 1.00 e. The number of hydrogen-bond acceptors (Lipinski definition) is 12. The second kappa shape index (κ2) is 15.2. The van der Waals surface area contributed by atoms with E-state index in [4.69, 9.17) is 11.6 Å². The number of nitrogens with zero attached hydrogens (tertiary/aromatic N) is 4. The van der Waals surface area contributed by atoms with E-state index in [1.54, 1.807) is 0 Å². The van der Waals surface area contributed by atoms with E-state index in [9.17, 15) is 52.8 Å². The van der Waals surface area contributed by atoms with Crippen molar-refractivity contribution >= 4 is 80.7 Å². The second-order valence-electron chi connectivity index (χ2n) is 9.31. The van der Waals surface area contributed by atoms with Crippen LogP contribution in [0.1, 0.15) is 5.56 Å². The van der Waals surface area contributed by atoms with Crippen molar-refractivity contribution in [1.82, 2.24) is 9.97 Å². The van der Waals surface area contributed by atoms with Crippen LogP contribution in [0.3, 0.4) is 0 Å². The molecule has 0 amide bonds. The van der Waals surface area contributed by atoms with Gasteiger partial charge in [-0.2, -0.15) is 44.0 Å². The summed E-state index contributed by atoms with van der Waals surface area (Å²) in [6.07, 6.45) is -1.40. The molecule has 5 rings (SSSR count). The van der Waals surface area contributed by atoms with Gasteiger partial charge in [-0.25, -0.2) is 0 Å². The van der Waals surface area contributed by atoms with Crippen molar-refractivity contribution in [3.8, 4) is 5.75 Å². The Morgan fingerprint density at radius 3 is 2.10 bits per heavy atom. The minimum atomic E-state index is -5.18. The minimum absolute atomic E-state index is 0. The molecule has 48 heavy (non-hydrogen) atoms. The van der Waals surface area contributed by atoms with E-state index in [0.29, 0.717) is 5.56 Å². The third kappa shape index (κ3) is 8.55. The van der Waals surface area contributed by atoms with E-state index in [1.807, 2.05) is 0 Å². The molecule has 1 aromatic heterocycles. The van der Waals surface area contributed by atoms with Crippen LogP contribution in [0.15, 0.2) is 79.5 Å². The number of fused-ring (bicyclic) bond motifs is 2. The molecule has 0 aliphatic heterocycles. The fourth-order valence-electron chi connectivity index (χ4n) is 4.47. The molecule has 4 aromatic carbocycles. The van der Waals surface area contributed by atoms with Crippen molar-refractivity contribution in [3.05, 3.63) is 77.2 Å². The average molecular weight is 778 g/mol. The molecule has 0 aliphatic carbocycles. The smallest absolute Gasteiger partial charge is 0.505 e. The molecule has 15 nitrogen and oxygen atoms in total. The standard InChI is InChI=1S/C25H16ClF2N5O10S3.K.Na/c26-19-23(27)30-25(28)31-24(19)29-10-11-2-1-3-16-14(11)6-7-17(22(16)46(41,42)43)32-33-20-18(45(38,39)40)9-12-8-13(44(35,36)37)4-5-15(12)21(20)34;;/h1-9,34H,10H2,(H,29,30,31)(H,35,36,37)(H,38,39,40)(H,41,42,43);;/q;2*+1. The Hall–Kier alpha value is -1.80. The number of benzene rings is 4. The van der Waals surface area contributed by atoms with Gasteiger partial charge < -0.3 is 10.4 Å². The van der Waals surface area contributed by atoms with Crippen LogP contribution < -0.4 is 86.3 Å². The largest absolute Gasteiger partial charge is 1.00 e. The Morgan fingerprint density at radius 1 is 0.812 bits per heavy atom. The van der Waals surface area contributed by atoms with Crippen LogP contribution >= 0.6 is 11.6 Å². The number of halogens is 3. The van der Waals surface area contributed by atoms with Gasteiger partial charge in [0.2, 0.25) is 5.95 Å². The SMILES string of the molecule is O=S(=O)(O)c1ccc2c(O)c(N=Nc3ccc4c(CNc5nc(F)nc(F)c5Cl)cccc4c3S(=O)(=O)O)c(S(=O)(=O)O)cc2c1.[K+].[Na+]. The fourth-order valence-corrected chi connectivity index (χ4v) is 6.62. The third-order valence-electron chi connectivity index (χ3n) is 6.43. The molecule has 0 fully saturated rings. The van der Waals surface area contributed by atoms with Crippen LogP contribution in [0.4, 0.5) is 26.0 Å².